The second-order valence-corrected chi connectivity index (χ2v) is 9.29. The zero-order valence-electron chi connectivity index (χ0n) is 19.7. The van der Waals surface area contributed by atoms with Crippen molar-refractivity contribution in [3.05, 3.63) is 82.9 Å². The van der Waals surface area contributed by atoms with Crippen LogP contribution in [0.5, 0.6) is 0 Å². The Labute approximate surface area is 201 Å². The smallest absolute Gasteiger partial charge is 0.242 e. The third kappa shape index (κ3) is 6.82. The highest BCUT2D eigenvalue weighted by Crippen LogP contribution is 2.21. The summed E-state index contributed by atoms with van der Waals surface area (Å²) in [5.41, 5.74) is 2.10. The van der Waals surface area contributed by atoms with Crippen LogP contribution in [-0.2, 0) is 22.6 Å². The summed E-state index contributed by atoms with van der Waals surface area (Å²) in [5.74, 6) is 0.223. The Bertz CT molecular complexity index is 1070. The average Bonchev–Trinajstić information content (AvgIpc) is 2.82. The van der Waals surface area contributed by atoms with Crippen molar-refractivity contribution in [1.29, 1.82) is 0 Å². The SMILES string of the molecule is CC[C@@H](C(=O)NCC(C)C)N(Cc1ccc(Cl)cc1)C(=O)CCc1cccc2ccccc12. The van der Waals surface area contributed by atoms with Crippen LogP contribution in [-0.4, -0.2) is 29.3 Å². The molecule has 0 bridgehead atoms. The third-order valence-corrected chi connectivity index (χ3v) is 6.08. The molecule has 0 radical (unpaired) electrons. The first-order valence-corrected chi connectivity index (χ1v) is 12.0. The van der Waals surface area contributed by atoms with Crippen molar-refractivity contribution in [3.63, 3.8) is 0 Å². The van der Waals surface area contributed by atoms with Crippen LogP contribution in [0.2, 0.25) is 5.02 Å². The molecule has 4 nitrogen and oxygen atoms in total. The predicted molar refractivity (Wildman–Crippen MR) is 136 cm³/mol. The number of carbonyl (C=O) groups is 2. The van der Waals surface area contributed by atoms with E-state index in [-0.39, 0.29) is 11.8 Å². The van der Waals surface area contributed by atoms with Gasteiger partial charge in [-0.25, -0.2) is 0 Å². The molecule has 2 amide bonds. The van der Waals surface area contributed by atoms with Crippen LogP contribution in [0.25, 0.3) is 10.8 Å². The molecule has 0 heterocycles. The van der Waals surface area contributed by atoms with Crippen molar-refractivity contribution in [2.45, 2.75) is 52.6 Å². The second kappa shape index (κ2) is 11.9. The maximum Gasteiger partial charge on any atom is 0.242 e. The Morgan fingerprint density at radius 3 is 2.36 bits per heavy atom. The first kappa shape index (κ1) is 24.8. The van der Waals surface area contributed by atoms with Gasteiger partial charge < -0.3 is 10.2 Å². The molecule has 0 aliphatic heterocycles. The number of nitrogens with one attached hydrogen (secondary N) is 1. The van der Waals surface area contributed by atoms with E-state index in [1.807, 2.05) is 49.4 Å². The molecular weight excluding hydrogens is 432 g/mol. The summed E-state index contributed by atoms with van der Waals surface area (Å²) in [7, 11) is 0. The third-order valence-electron chi connectivity index (χ3n) is 5.82. The molecule has 0 saturated heterocycles. The maximum absolute atomic E-state index is 13.5. The van der Waals surface area contributed by atoms with Crippen LogP contribution in [0.3, 0.4) is 0 Å². The monoisotopic (exact) mass is 464 g/mol. The Morgan fingerprint density at radius 2 is 1.67 bits per heavy atom. The zero-order chi connectivity index (χ0) is 23.8. The highest BCUT2D eigenvalue weighted by Gasteiger charge is 2.28. The van der Waals surface area contributed by atoms with Crippen molar-refractivity contribution in [2.24, 2.45) is 5.92 Å². The molecule has 33 heavy (non-hydrogen) atoms. The van der Waals surface area contributed by atoms with E-state index in [2.05, 4.69) is 43.4 Å². The standard InChI is InChI=1S/C28H33ClN2O2/c1-4-26(28(33)30-18-20(2)3)31(19-21-12-15-24(29)16-13-21)27(32)17-14-23-10-7-9-22-8-5-6-11-25(22)23/h5-13,15-16,20,26H,4,14,17-19H2,1-3H3,(H,30,33)/t26-/m0/s1. The largest absolute Gasteiger partial charge is 0.354 e. The van der Waals surface area contributed by atoms with Crippen LogP contribution in [0.4, 0.5) is 0 Å². The molecule has 3 aromatic rings. The van der Waals surface area contributed by atoms with Crippen LogP contribution >= 0.6 is 11.6 Å². The average molecular weight is 465 g/mol. The molecule has 0 saturated carbocycles. The minimum absolute atomic E-state index is 0.0237. The van der Waals surface area contributed by atoms with Crippen LogP contribution < -0.4 is 5.32 Å². The zero-order valence-corrected chi connectivity index (χ0v) is 20.4. The molecule has 0 unspecified atom stereocenters. The highest BCUT2D eigenvalue weighted by molar-refractivity contribution is 6.30. The quantitative estimate of drug-likeness (QED) is 0.399. The van der Waals surface area contributed by atoms with Gasteiger partial charge in [0.1, 0.15) is 6.04 Å². The van der Waals surface area contributed by atoms with E-state index in [0.717, 1.165) is 11.1 Å². The molecule has 0 fully saturated rings. The molecule has 5 heteroatoms. The summed E-state index contributed by atoms with van der Waals surface area (Å²) in [5, 5.41) is 5.99. The van der Waals surface area contributed by atoms with Gasteiger partial charge in [0.05, 0.1) is 0 Å². The summed E-state index contributed by atoms with van der Waals surface area (Å²) in [6, 6.07) is 21.3. The van der Waals surface area contributed by atoms with Gasteiger partial charge in [-0.15, -0.1) is 0 Å². The molecule has 0 aliphatic carbocycles. The molecule has 174 valence electrons. The van der Waals surface area contributed by atoms with Crippen LogP contribution in [0.15, 0.2) is 66.7 Å². The van der Waals surface area contributed by atoms with Gasteiger partial charge in [0.25, 0.3) is 0 Å². The number of benzene rings is 3. The second-order valence-electron chi connectivity index (χ2n) is 8.85. The predicted octanol–water partition coefficient (Wildman–Crippen LogP) is 6.01. The fraction of sp³-hybridized carbons (Fsp3) is 0.357. The Balaban J connectivity index is 1.81. The van der Waals surface area contributed by atoms with E-state index in [1.165, 1.54) is 10.8 Å². The van der Waals surface area contributed by atoms with Gasteiger partial charge in [0, 0.05) is 24.5 Å². The molecule has 1 N–H and O–H groups in total. The van der Waals surface area contributed by atoms with E-state index in [0.29, 0.717) is 43.3 Å². The van der Waals surface area contributed by atoms with Crippen LogP contribution in [0, 0.1) is 5.92 Å². The Hall–Kier alpha value is -2.85. The number of rotatable bonds is 10. The van der Waals surface area contributed by atoms with Gasteiger partial charge in [-0.2, -0.15) is 0 Å². The fourth-order valence-corrected chi connectivity index (χ4v) is 4.15. The molecule has 1 atom stereocenters. The normalized spacial score (nSPS) is 12.0. The lowest BCUT2D eigenvalue weighted by Gasteiger charge is -2.31. The molecule has 0 aromatic heterocycles. The Morgan fingerprint density at radius 1 is 0.970 bits per heavy atom. The highest BCUT2D eigenvalue weighted by atomic mass is 35.5. The van der Waals surface area contributed by atoms with E-state index >= 15 is 0 Å². The summed E-state index contributed by atoms with van der Waals surface area (Å²) in [6.07, 6.45) is 1.52. The van der Waals surface area contributed by atoms with Gasteiger partial charge in [-0.3, -0.25) is 9.59 Å². The molecule has 0 aliphatic rings. The van der Waals surface area contributed by atoms with E-state index in [9.17, 15) is 9.59 Å². The van der Waals surface area contributed by atoms with Crippen molar-refractivity contribution < 1.29 is 9.59 Å². The number of hydrogen-bond acceptors (Lipinski definition) is 2. The maximum atomic E-state index is 13.5. The molecule has 3 rings (SSSR count). The fourth-order valence-electron chi connectivity index (χ4n) is 4.02. The van der Waals surface area contributed by atoms with Crippen molar-refractivity contribution >= 4 is 34.2 Å². The molecule has 0 spiro atoms. The molecule has 3 aromatic carbocycles. The van der Waals surface area contributed by atoms with Gasteiger partial charge in [0.2, 0.25) is 11.8 Å². The number of fused-ring (bicyclic) bond motifs is 1. The van der Waals surface area contributed by atoms with Crippen molar-refractivity contribution in [2.75, 3.05) is 6.54 Å². The van der Waals surface area contributed by atoms with E-state index in [1.54, 1.807) is 4.90 Å². The lowest BCUT2D eigenvalue weighted by molar-refractivity contribution is -0.141. The topological polar surface area (TPSA) is 49.4 Å². The summed E-state index contributed by atoms with van der Waals surface area (Å²) < 4.78 is 0. The number of amides is 2. The number of nitrogens with zero attached hydrogens (tertiary/aromatic N) is 1. The van der Waals surface area contributed by atoms with E-state index < -0.39 is 6.04 Å². The van der Waals surface area contributed by atoms with E-state index in [4.69, 9.17) is 11.6 Å². The summed E-state index contributed by atoms with van der Waals surface area (Å²) >= 11 is 6.04. The lowest BCUT2D eigenvalue weighted by atomic mass is 10.00. The number of hydrogen-bond donors (Lipinski definition) is 1. The van der Waals surface area contributed by atoms with Gasteiger partial charge in [-0.1, -0.05) is 87.0 Å². The Kier molecular flexibility index (Phi) is 8.90. The van der Waals surface area contributed by atoms with Crippen molar-refractivity contribution in [1.82, 2.24) is 10.2 Å². The minimum atomic E-state index is -0.514. The summed E-state index contributed by atoms with van der Waals surface area (Å²) in [6.45, 7) is 7.03. The lowest BCUT2D eigenvalue weighted by Crippen LogP contribution is -2.49. The van der Waals surface area contributed by atoms with Gasteiger partial charge >= 0.3 is 0 Å². The first-order chi connectivity index (χ1) is 15.9. The van der Waals surface area contributed by atoms with Gasteiger partial charge in [0.15, 0.2) is 0 Å². The van der Waals surface area contributed by atoms with Crippen LogP contribution in [0.1, 0.15) is 44.7 Å². The first-order valence-electron chi connectivity index (χ1n) is 11.7. The van der Waals surface area contributed by atoms with Gasteiger partial charge in [-0.05, 0) is 52.8 Å². The number of carbonyl (C=O) groups excluding carboxylic acids is 2. The number of halogens is 1. The minimum Gasteiger partial charge on any atom is -0.354 e. The van der Waals surface area contributed by atoms with Crippen molar-refractivity contribution in [3.8, 4) is 0 Å². The number of aryl methyl sites for hydroxylation is 1. The summed E-state index contributed by atoms with van der Waals surface area (Å²) in [4.78, 5) is 28.2. The molecular formula is C28H33ClN2O2.